The first kappa shape index (κ1) is 17.0. The van der Waals surface area contributed by atoms with Crippen molar-refractivity contribution in [1.29, 1.82) is 0 Å². The highest BCUT2D eigenvalue weighted by Crippen LogP contribution is 2.23. The van der Waals surface area contributed by atoms with Crippen molar-refractivity contribution in [3.63, 3.8) is 0 Å². The molecule has 128 valence electrons. The molecular weight excluding hydrogens is 338 g/mol. The zero-order valence-electron chi connectivity index (χ0n) is 13.6. The van der Waals surface area contributed by atoms with Gasteiger partial charge in [0, 0.05) is 10.6 Å². The second-order valence-electron chi connectivity index (χ2n) is 5.09. The lowest BCUT2D eigenvalue weighted by Gasteiger charge is -2.07. The number of furan rings is 1. The first-order chi connectivity index (χ1) is 12.2. The van der Waals surface area contributed by atoms with E-state index in [1.807, 2.05) is 54.6 Å². The molecule has 0 aliphatic heterocycles. The molecule has 0 amide bonds. The van der Waals surface area contributed by atoms with Crippen molar-refractivity contribution in [1.82, 2.24) is 0 Å². The van der Waals surface area contributed by atoms with Gasteiger partial charge in [-0.2, -0.15) is 0 Å². The van der Waals surface area contributed by atoms with E-state index in [0.717, 1.165) is 10.6 Å². The van der Waals surface area contributed by atoms with Crippen LogP contribution in [0.1, 0.15) is 16.3 Å². The Bertz CT molecular complexity index is 815. The smallest absolute Gasteiger partial charge is 0.373 e. The summed E-state index contributed by atoms with van der Waals surface area (Å²) in [5, 5.41) is 0. The summed E-state index contributed by atoms with van der Waals surface area (Å²) in [6, 6.07) is 21.0. The van der Waals surface area contributed by atoms with E-state index in [-0.39, 0.29) is 12.4 Å². The maximum absolute atomic E-state index is 11.3. The molecule has 0 saturated heterocycles. The molecule has 1 N–H and O–H groups in total. The Hall–Kier alpha value is -2.86. The van der Waals surface area contributed by atoms with Gasteiger partial charge >= 0.3 is 5.97 Å². The maximum atomic E-state index is 11.3. The first-order valence-electron chi connectivity index (χ1n) is 7.62. The number of carbonyl (C=O) groups excluding carboxylic acids is 1. The van der Waals surface area contributed by atoms with Gasteiger partial charge in [-0.15, -0.1) is 0 Å². The number of rotatable bonds is 7. The van der Waals surface area contributed by atoms with E-state index in [4.69, 9.17) is 9.15 Å². The predicted octanol–water partition coefficient (Wildman–Crippen LogP) is 4.76. The average Bonchev–Trinajstić information content (AvgIpc) is 3.15. The van der Waals surface area contributed by atoms with Crippen molar-refractivity contribution in [2.75, 3.05) is 11.8 Å². The largest absolute Gasteiger partial charge is 0.486 e. The third-order valence-electron chi connectivity index (χ3n) is 3.31. The van der Waals surface area contributed by atoms with Crippen LogP contribution in [0.2, 0.25) is 0 Å². The van der Waals surface area contributed by atoms with Crippen LogP contribution in [0.5, 0.6) is 5.75 Å². The highest BCUT2D eigenvalue weighted by molar-refractivity contribution is 8.00. The molecule has 6 heteroatoms. The fraction of sp³-hybridized carbons (Fsp3) is 0.105. The Morgan fingerprint density at radius 2 is 1.80 bits per heavy atom. The molecule has 0 aliphatic carbocycles. The van der Waals surface area contributed by atoms with E-state index in [9.17, 15) is 4.79 Å². The van der Waals surface area contributed by atoms with Gasteiger partial charge in [0.15, 0.2) is 0 Å². The van der Waals surface area contributed by atoms with Crippen molar-refractivity contribution in [3.05, 3.63) is 78.3 Å². The minimum Gasteiger partial charge on any atom is -0.486 e. The third kappa shape index (κ3) is 4.81. The maximum Gasteiger partial charge on any atom is 0.373 e. The Morgan fingerprint density at radius 1 is 1.04 bits per heavy atom. The topological polar surface area (TPSA) is 60.7 Å². The molecule has 2 aromatic carbocycles. The van der Waals surface area contributed by atoms with Crippen molar-refractivity contribution >= 4 is 23.6 Å². The number of hydrogen-bond acceptors (Lipinski definition) is 6. The monoisotopic (exact) mass is 355 g/mol. The van der Waals surface area contributed by atoms with Crippen molar-refractivity contribution in [2.24, 2.45) is 0 Å². The number of methoxy groups -OCH3 is 1. The number of ether oxygens (including phenoxy) is 2. The lowest BCUT2D eigenvalue weighted by Crippen LogP contribution is -1.99. The fourth-order valence-corrected chi connectivity index (χ4v) is 2.71. The molecule has 0 atom stereocenters. The zero-order chi connectivity index (χ0) is 17.5. The molecule has 0 spiro atoms. The Morgan fingerprint density at radius 3 is 2.52 bits per heavy atom. The summed E-state index contributed by atoms with van der Waals surface area (Å²) in [5.41, 5.74) is 0.979. The fourth-order valence-electron chi connectivity index (χ4n) is 2.05. The lowest BCUT2D eigenvalue weighted by atomic mass is 10.3. The minimum absolute atomic E-state index is 0.165. The predicted molar refractivity (Wildman–Crippen MR) is 96.7 cm³/mol. The average molecular weight is 355 g/mol. The summed E-state index contributed by atoms with van der Waals surface area (Å²) >= 11 is 1.55. The van der Waals surface area contributed by atoms with E-state index < -0.39 is 5.97 Å². The van der Waals surface area contributed by atoms with Crippen LogP contribution in [0.15, 0.2) is 76.0 Å². The van der Waals surface area contributed by atoms with Crippen LogP contribution in [-0.4, -0.2) is 13.1 Å². The van der Waals surface area contributed by atoms with Crippen LogP contribution < -0.4 is 9.46 Å². The van der Waals surface area contributed by atoms with Gasteiger partial charge in [0.25, 0.3) is 0 Å². The second kappa shape index (κ2) is 8.30. The number of nitrogens with one attached hydrogen (secondary N) is 1. The molecule has 0 aliphatic rings. The molecule has 3 aromatic rings. The van der Waals surface area contributed by atoms with Crippen molar-refractivity contribution in [2.45, 2.75) is 11.5 Å². The molecule has 25 heavy (non-hydrogen) atoms. The molecule has 0 bridgehead atoms. The van der Waals surface area contributed by atoms with Gasteiger partial charge in [0.05, 0.1) is 7.11 Å². The molecule has 1 heterocycles. The van der Waals surface area contributed by atoms with Crippen molar-refractivity contribution in [3.8, 4) is 5.75 Å². The van der Waals surface area contributed by atoms with Gasteiger partial charge in [0.2, 0.25) is 5.76 Å². The van der Waals surface area contributed by atoms with Gasteiger partial charge in [-0.1, -0.05) is 18.2 Å². The second-order valence-corrected chi connectivity index (χ2v) is 5.97. The molecule has 0 fully saturated rings. The molecule has 5 nitrogen and oxygen atoms in total. The number of benzene rings is 2. The summed E-state index contributed by atoms with van der Waals surface area (Å²) in [4.78, 5) is 12.5. The molecule has 3 rings (SSSR count). The lowest BCUT2D eigenvalue weighted by molar-refractivity contribution is 0.0561. The summed E-state index contributed by atoms with van der Waals surface area (Å²) < 4.78 is 18.9. The van der Waals surface area contributed by atoms with Crippen LogP contribution in [0.25, 0.3) is 0 Å². The van der Waals surface area contributed by atoms with Gasteiger partial charge in [-0.3, -0.25) is 0 Å². The van der Waals surface area contributed by atoms with E-state index in [1.54, 1.807) is 24.1 Å². The van der Waals surface area contributed by atoms with E-state index >= 15 is 0 Å². The van der Waals surface area contributed by atoms with E-state index in [0.29, 0.717) is 11.5 Å². The molecule has 0 saturated carbocycles. The quantitative estimate of drug-likeness (QED) is 0.487. The number of carbonyl (C=O) groups is 1. The summed E-state index contributed by atoms with van der Waals surface area (Å²) in [5.74, 6) is 0.935. The van der Waals surface area contributed by atoms with E-state index in [2.05, 4.69) is 9.46 Å². The highest BCUT2D eigenvalue weighted by Gasteiger charge is 2.11. The SMILES string of the molecule is COC(=O)c1ccc(COc2ccc(NSc3ccccc3)cc2)o1. The van der Waals surface area contributed by atoms with Gasteiger partial charge in [-0.05, 0) is 60.5 Å². The number of hydrogen-bond donors (Lipinski definition) is 1. The first-order valence-corrected chi connectivity index (χ1v) is 8.44. The Labute approximate surface area is 150 Å². The number of anilines is 1. The van der Waals surface area contributed by atoms with Crippen LogP contribution >= 0.6 is 11.9 Å². The Balaban J connectivity index is 1.50. The van der Waals surface area contributed by atoms with E-state index in [1.165, 1.54) is 7.11 Å². The number of esters is 1. The standard InChI is InChI=1S/C19H17NO4S/c1-22-19(21)18-12-11-16(24-18)13-23-15-9-7-14(8-10-15)20-25-17-5-3-2-4-6-17/h2-12,20H,13H2,1H3. The summed E-state index contributed by atoms with van der Waals surface area (Å²) in [7, 11) is 1.31. The normalized spacial score (nSPS) is 10.3. The van der Waals surface area contributed by atoms with Crippen molar-refractivity contribution < 1.29 is 18.7 Å². The highest BCUT2D eigenvalue weighted by atomic mass is 32.2. The summed E-state index contributed by atoms with van der Waals surface area (Å²) in [6.07, 6.45) is 0. The van der Waals surface area contributed by atoms with Gasteiger partial charge < -0.3 is 18.6 Å². The van der Waals surface area contributed by atoms with Gasteiger partial charge in [-0.25, -0.2) is 4.79 Å². The zero-order valence-corrected chi connectivity index (χ0v) is 14.4. The van der Waals surface area contributed by atoms with Crippen LogP contribution in [0, 0.1) is 0 Å². The summed E-state index contributed by atoms with van der Waals surface area (Å²) in [6.45, 7) is 0.239. The van der Waals surface area contributed by atoms with Crippen LogP contribution in [0.3, 0.4) is 0 Å². The van der Waals surface area contributed by atoms with Crippen LogP contribution in [0.4, 0.5) is 5.69 Å². The van der Waals surface area contributed by atoms with Gasteiger partial charge in [0.1, 0.15) is 18.1 Å². The Kier molecular flexibility index (Phi) is 5.64. The third-order valence-corrected chi connectivity index (χ3v) is 4.16. The molecule has 0 unspecified atom stereocenters. The molecular formula is C19H17NO4S. The minimum atomic E-state index is -0.502. The molecule has 0 radical (unpaired) electrons. The molecule has 1 aromatic heterocycles. The van der Waals surface area contributed by atoms with Crippen LogP contribution in [-0.2, 0) is 11.3 Å².